The molecule has 5 nitrogen and oxygen atoms in total. The number of amides is 1. The zero-order valence-electron chi connectivity index (χ0n) is 12.4. The lowest BCUT2D eigenvalue weighted by Gasteiger charge is -2.11. The van der Waals surface area contributed by atoms with Crippen LogP contribution in [0.1, 0.15) is 16.1 Å². The van der Waals surface area contributed by atoms with Gasteiger partial charge in [0.05, 0.1) is 29.5 Å². The van der Waals surface area contributed by atoms with Crippen LogP contribution < -0.4 is 10.1 Å². The third kappa shape index (κ3) is 3.02. The first kappa shape index (κ1) is 15.6. The molecule has 1 aliphatic rings. The predicted octanol–water partition coefficient (Wildman–Crippen LogP) is 3.65. The molecule has 1 amide bonds. The Labute approximate surface area is 151 Å². The number of hydrogen-bond acceptors (Lipinski definition) is 6. The monoisotopic (exact) mass is 377 g/mol. The minimum Gasteiger partial charge on any atom is -0.486 e. The number of fused-ring (bicyclic) bond motifs is 1. The molecule has 0 saturated heterocycles. The van der Waals surface area contributed by atoms with Gasteiger partial charge in [-0.15, -0.1) is 0 Å². The molecule has 0 bridgehead atoms. The van der Waals surface area contributed by atoms with E-state index in [9.17, 15) is 4.79 Å². The summed E-state index contributed by atoms with van der Waals surface area (Å²) in [4.78, 5) is 11.9. The smallest absolute Gasteiger partial charge is 0.272 e. The minimum absolute atomic E-state index is 0.134. The van der Waals surface area contributed by atoms with Gasteiger partial charge in [-0.2, -0.15) is 20.1 Å². The van der Waals surface area contributed by atoms with Gasteiger partial charge < -0.3 is 10.1 Å². The van der Waals surface area contributed by atoms with Crippen LogP contribution in [0, 0.1) is 0 Å². The molecule has 1 aromatic carbocycles. The maximum atomic E-state index is 11.9. The quantitative estimate of drug-likeness (QED) is 0.753. The molecule has 1 atom stereocenters. The molecular weight excluding hydrogens is 366 g/mol. The van der Waals surface area contributed by atoms with Crippen molar-refractivity contribution in [2.75, 3.05) is 6.54 Å². The molecule has 8 heteroatoms. The lowest BCUT2D eigenvalue weighted by atomic mass is 10.0. The maximum Gasteiger partial charge on any atom is 0.272 e. The summed E-state index contributed by atoms with van der Waals surface area (Å²) in [5, 5.41) is 7.56. The second kappa shape index (κ2) is 6.51. The second-order valence-corrected chi connectivity index (χ2v) is 7.15. The number of halogens is 1. The Hall–Kier alpha value is -1.96. The Kier molecular flexibility index (Phi) is 4.22. The Morgan fingerprint density at radius 3 is 3.08 bits per heavy atom. The molecule has 0 fully saturated rings. The van der Waals surface area contributed by atoms with Crippen molar-refractivity contribution in [3.05, 3.63) is 51.4 Å². The van der Waals surface area contributed by atoms with Crippen LogP contribution in [0.15, 0.2) is 35.2 Å². The number of nitrogens with zero attached hydrogens (tertiary/aromatic N) is 2. The van der Waals surface area contributed by atoms with Gasteiger partial charge in [-0.05, 0) is 40.1 Å². The number of nitrogens with one attached hydrogen (secondary N) is 1. The molecule has 0 aliphatic carbocycles. The first-order valence-corrected chi connectivity index (χ1v) is 9.33. The average Bonchev–Trinajstić information content (AvgIpc) is 3.32. The van der Waals surface area contributed by atoms with Crippen molar-refractivity contribution in [2.24, 2.45) is 0 Å². The SMILES string of the molecule is O=C(NCC1Cc2cc(-c3ccsc3)cc(Cl)c2O1)c1cnsn1. The van der Waals surface area contributed by atoms with Crippen molar-refractivity contribution in [3.63, 3.8) is 0 Å². The van der Waals surface area contributed by atoms with E-state index in [1.807, 2.05) is 11.4 Å². The number of thiophene rings is 1. The van der Waals surface area contributed by atoms with Gasteiger partial charge >= 0.3 is 0 Å². The molecule has 3 aromatic rings. The molecule has 1 aliphatic heterocycles. The summed E-state index contributed by atoms with van der Waals surface area (Å²) in [6.45, 7) is 0.398. The lowest BCUT2D eigenvalue weighted by Crippen LogP contribution is -2.34. The first-order chi connectivity index (χ1) is 11.7. The van der Waals surface area contributed by atoms with Gasteiger partial charge in [0.2, 0.25) is 0 Å². The van der Waals surface area contributed by atoms with E-state index in [1.54, 1.807) is 11.3 Å². The highest BCUT2D eigenvalue weighted by atomic mass is 35.5. The van der Waals surface area contributed by atoms with Gasteiger partial charge in [0.15, 0.2) is 5.69 Å². The van der Waals surface area contributed by atoms with Crippen LogP contribution in [0.25, 0.3) is 11.1 Å². The van der Waals surface area contributed by atoms with Crippen LogP contribution in [-0.4, -0.2) is 27.3 Å². The molecular formula is C16H12ClN3O2S2. The summed E-state index contributed by atoms with van der Waals surface area (Å²) in [6, 6.07) is 6.10. The summed E-state index contributed by atoms with van der Waals surface area (Å²) in [6.07, 6.45) is 2.03. The van der Waals surface area contributed by atoms with E-state index in [-0.39, 0.29) is 12.0 Å². The van der Waals surface area contributed by atoms with E-state index in [0.717, 1.165) is 28.4 Å². The second-order valence-electron chi connectivity index (χ2n) is 5.41. The molecule has 122 valence electrons. The number of aromatic nitrogens is 2. The summed E-state index contributed by atoms with van der Waals surface area (Å²) in [5.74, 6) is 0.471. The van der Waals surface area contributed by atoms with E-state index in [4.69, 9.17) is 16.3 Å². The topological polar surface area (TPSA) is 64.1 Å². The van der Waals surface area contributed by atoms with E-state index < -0.39 is 0 Å². The zero-order valence-corrected chi connectivity index (χ0v) is 14.7. The van der Waals surface area contributed by atoms with Gasteiger partial charge in [0.1, 0.15) is 11.9 Å². The largest absolute Gasteiger partial charge is 0.486 e. The normalized spacial score (nSPS) is 15.8. The van der Waals surface area contributed by atoms with Crippen LogP contribution in [0.3, 0.4) is 0 Å². The lowest BCUT2D eigenvalue weighted by molar-refractivity contribution is 0.0929. The number of benzene rings is 1. The van der Waals surface area contributed by atoms with Gasteiger partial charge in [-0.1, -0.05) is 11.6 Å². The molecule has 3 heterocycles. The zero-order chi connectivity index (χ0) is 16.5. The summed E-state index contributed by atoms with van der Waals surface area (Å²) < 4.78 is 13.6. The fourth-order valence-corrected chi connectivity index (χ4v) is 4.02. The fraction of sp³-hybridized carbons (Fsp3) is 0.188. The molecule has 1 unspecified atom stereocenters. The van der Waals surface area contributed by atoms with E-state index in [0.29, 0.717) is 29.4 Å². The van der Waals surface area contributed by atoms with Gasteiger partial charge in [-0.25, -0.2) is 0 Å². The third-order valence-corrected chi connectivity index (χ3v) is 5.23. The van der Waals surface area contributed by atoms with Crippen molar-refractivity contribution in [1.29, 1.82) is 0 Å². The number of carbonyl (C=O) groups excluding carboxylic acids is 1. The average molecular weight is 378 g/mol. The van der Waals surface area contributed by atoms with Gasteiger partial charge in [0.25, 0.3) is 5.91 Å². The molecule has 0 saturated carbocycles. The Morgan fingerprint density at radius 2 is 2.33 bits per heavy atom. The maximum absolute atomic E-state index is 11.9. The molecule has 2 aromatic heterocycles. The number of rotatable bonds is 4. The molecule has 4 rings (SSSR count). The number of carbonyl (C=O) groups is 1. The predicted molar refractivity (Wildman–Crippen MR) is 95.1 cm³/mol. The molecule has 24 heavy (non-hydrogen) atoms. The fourth-order valence-electron chi connectivity index (χ4n) is 2.66. The Morgan fingerprint density at radius 1 is 1.42 bits per heavy atom. The van der Waals surface area contributed by atoms with Crippen LogP contribution in [0.4, 0.5) is 0 Å². The Bertz CT molecular complexity index is 866. The standard InChI is InChI=1S/C16H12ClN3O2S2/c17-13-5-10(9-1-2-23-8-9)3-11-4-12(22-15(11)13)6-18-16(21)14-7-19-24-20-14/h1-3,5,7-8,12H,4,6H2,(H,18,21). The summed E-state index contributed by atoms with van der Waals surface area (Å²) in [5.41, 5.74) is 3.63. The van der Waals surface area contributed by atoms with Crippen molar-refractivity contribution < 1.29 is 9.53 Å². The van der Waals surface area contributed by atoms with Crippen LogP contribution in [0.2, 0.25) is 5.02 Å². The van der Waals surface area contributed by atoms with Gasteiger partial charge in [0, 0.05) is 12.0 Å². The highest BCUT2D eigenvalue weighted by Crippen LogP contribution is 2.39. The minimum atomic E-state index is -0.242. The Balaban J connectivity index is 1.46. The first-order valence-electron chi connectivity index (χ1n) is 7.28. The van der Waals surface area contributed by atoms with Crippen LogP contribution in [-0.2, 0) is 6.42 Å². The third-order valence-electron chi connectivity index (χ3n) is 3.79. The van der Waals surface area contributed by atoms with Crippen molar-refractivity contribution in [3.8, 4) is 16.9 Å². The van der Waals surface area contributed by atoms with E-state index in [1.165, 1.54) is 6.20 Å². The summed E-state index contributed by atoms with van der Waals surface area (Å²) >= 11 is 9.04. The van der Waals surface area contributed by atoms with Crippen molar-refractivity contribution >= 4 is 40.6 Å². The van der Waals surface area contributed by atoms with Crippen molar-refractivity contribution in [2.45, 2.75) is 12.5 Å². The van der Waals surface area contributed by atoms with Crippen LogP contribution >= 0.6 is 34.7 Å². The highest BCUT2D eigenvalue weighted by molar-refractivity contribution is 7.08. The number of hydrogen-bond donors (Lipinski definition) is 1. The van der Waals surface area contributed by atoms with Crippen LogP contribution in [0.5, 0.6) is 5.75 Å². The number of ether oxygens (including phenoxy) is 1. The van der Waals surface area contributed by atoms with Crippen molar-refractivity contribution in [1.82, 2.24) is 14.1 Å². The summed E-state index contributed by atoms with van der Waals surface area (Å²) in [7, 11) is 0. The highest BCUT2D eigenvalue weighted by Gasteiger charge is 2.26. The molecule has 0 spiro atoms. The molecule has 0 radical (unpaired) electrons. The molecule has 1 N–H and O–H groups in total. The van der Waals surface area contributed by atoms with Gasteiger partial charge in [-0.3, -0.25) is 4.79 Å². The van der Waals surface area contributed by atoms with E-state index in [2.05, 4.69) is 31.6 Å². The van der Waals surface area contributed by atoms with E-state index >= 15 is 0 Å².